The van der Waals surface area contributed by atoms with E-state index in [1.54, 1.807) is 42.5 Å². The Morgan fingerprint density at radius 3 is 2.44 bits per heavy atom. The number of phenols is 1. The van der Waals surface area contributed by atoms with Gasteiger partial charge in [-0.05, 0) is 96.8 Å². The first kappa shape index (κ1) is 28.8. The SMILES string of the molecule is Cc1cc(F)ccc1CCC(N)(CCNS)C(c1ccc(O)cc1)c1cc2cc(S(C)(=O)=O)ccc2[nH]c1=O. The predicted molar refractivity (Wildman–Crippen MR) is 156 cm³/mol. The van der Waals surface area contributed by atoms with Crippen molar-refractivity contribution in [2.24, 2.45) is 5.73 Å². The molecule has 0 fully saturated rings. The number of benzene rings is 3. The number of fused-ring (bicyclic) bond motifs is 1. The third kappa shape index (κ3) is 6.52. The Balaban J connectivity index is 1.89. The molecular weight excluding hydrogens is 537 g/mol. The zero-order valence-corrected chi connectivity index (χ0v) is 23.5. The predicted octanol–water partition coefficient (Wildman–Crippen LogP) is 4.37. The number of aromatic amines is 1. The minimum absolute atomic E-state index is 0.0734. The van der Waals surface area contributed by atoms with Crippen LogP contribution in [-0.2, 0) is 16.3 Å². The Labute approximate surface area is 232 Å². The molecule has 0 aliphatic carbocycles. The van der Waals surface area contributed by atoms with Crippen molar-refractivity contribution in [3.63, 3.8) is 0 Å². The summed E-state index contributed by atoms with van der Waals surface area (Å²) in [5.74, 6) is -0.868. The number of aryl methyl sites for hydroxylation is 2. The summed E-state index contributed by atoms with van der Waals surface area (Å²) in [6.07, 6.45) is 2.55. The Kier molecular flexibility index (Phi) is 8.51. The highest BCUT2D eigenvalue weighted by Crippen LogP contribution is 2.39. The maximum absolute atomic E-state index is 13.7. The number of halogens is 1. The molecule has 2 unspecified atom stereocenters. The zero-order valence-electron chi connectivity index (χ0n) is 21.7. The molecule has 39 heavy (non-hydrogen) atoms. The van der Waals surface area contributed by atoms with Crippen LogP contribution in [0.1, 0.15) is 41.0 Å². The zero-order chi connectivity index (χ0) is 28.4. The summed E-state index contributed by atoms with van der Waals surface area (Å²) in [5.41, 5.74) is 9.22. The summed E-state index contributed by atoms with van der Waals surface area (Å²) >= 11 is 4.16. The van der Waals surface area contributed by atoms with E-state index in [2.05, 4.69) is 22.5 Å². The summed E-state index contributed by atoms with van der Waals surface area (Å²) in [5, 5.41) is 10.5. The van der Waals surface area contributed by atoms with Gasteiger partial charge in [0.2, 0.25) is 0 Å². The lowest BCUT2D eigenvalue weighted by Gasteiger charge is -2.38. The fourth-order valence-corrected chi connectivity index (χ4v) is 5.91. The van der Waals surface area contributed by atoms with E-state index in [0.29, 0.717) is 42.3 Å². The van der Waals surface area contributed by atoms with Crippen molar-refractivity contribution in [3.05, 3.63) is 105 Å². The minimum atomic E-state index is -3.47. The average Bonchev–Trinajstić information content (AvgIpc) is 2.88. The molecule has 5 N–H and O–H groups in total. The number of aromatic nitrogens is 1. The van der Waals surface area contributed by atoms with Crippen LogP contribution in [0.5, 0.6) is 5.75 Å². The molecular formula is C29H32FN3O4S2. The first-order chi connectivity index (χ1) is 18.4. The van der Waals surface area contributed by atoms with Gasteiger partial charge >= 0.3 is 0 Å². The first-order valence-corrected chi connectivity index (χ1v) is 14.8. The van der Waals surface area contributed by atoms with Gasteiger partial charge < -0.3 is 15.8 Å². The maximum Gasteiger partial charge on any atom is 0.252 e. The van der Waals surface area contributed by atoms with Gasteiger partial charge in [-0.2, -0.15) is 0 Å². The third-order valence-electron chi connectivity index (χ3n) is 7.25. The van der Waals surface area contributed by atoms with Crippen LogP contribution in [0.15, 0.2) is 76.4 Å². The van der Waals surface area contributed by atoms with Gasteiger partial charge in [0.25, 0.3) is 5.56 Å². The van der Waals surface area contributed by atoms with Crippen molar-refractivity contribution in [3.8, 4) is 5.75 Å². The van der Waals surface area contributed by atoms with E-state index in [-0.39, 0.29) is 22.0 Å². The fraction of sp³-hybridized carbons (Fsp3) is 0.276. The number of rotatable bonds is 10. The van der Waals surface area contributed by atoms with Gasteiger partial charge in [0.05, 0.1) is 4.90 Å². The molecule has 4 rings (SSSR count). The van der Waals surface area contributed by atoms with Crippen molar-refractivity contribution < 1.29 is 17.9 Å². The lowest BCUT2D eigenvalue weighted by atomic mass is 9.71. The summed E-state index contributed by atoms with van der Waals surface area (Å²) in [7, 11) is -3.47. The van der Waals surface area contributed by atoms with Crippen LogP contribution in [0, 0.1) is 12.7 Å². The topological polar surface area (TPSA) is 125 Å². The van der Waals surface area contributed by atoms with E-state index in [4.69, 9.17) is 5.73 Å². The molecule has 0 saturated heterocycles. The number of aromatic hydroxyl groups is 1. The van der Waals surface area contributed by atoms with Gasteiger partial charge in [0.15, 0.2) is 9.84 Å². The maximum atomic E-state index is 13.7. The standard InChI is InChI=1S/C29H32FN3O4S2/c1-18-15-22(30)6-3-19(18)11-12-29(31,13-14-32-38)27(20-4-7-23(34)8-5-20)25-17-21-16-24(39(2,36)37)9-10-26(21)33-28(25)35/h3-10,15-17,27,32,34,38H,11-14,31H2,1-2H3,(H,33,35). The van der Waals surface area contributed by atoms with Gasteiger partial charge in [0, 0.05) is 35.3 Å². The van der Waals surface area contributed by atoms with Crippen LogP contribution >= 0.6 is 12.8 Å². The molecule has 0 aliphatic rings. The van der Waals surface area contributed by atoms with E-state index < -0.39 is 21.3 Å². The van der Waals surface area contributed by atoms with Gasteiger partial charge in [-0.1, -0.05) is 31.0 Å². The molecule has 1 heterocycles. The number of hydrogen-bond acceptors (Lipinski definition) is 7. The van der Waals surface area contributed by atoms with Crippen LogP contribution < -0.4 is 16.0 Å². The number of nitrogens with one attached hydrogen (secondary N) is 2. The van der Waals surface area contributed by atoms with Crippen LogP contribution in [0.4, 0.5) is 4.39 Å². The molecule has 0 amide bonds. The molecule has 206 valence electrons. The van der Waals surface area contributed by atoms with Crippen LogP contribution in [-0.4, -0.2) is 36.8 Å². The van der Waals surface area contributed by atoms with E-state index >= 15 is 0 Å². The Morgan fingerprint density at radius 1 is 1.08 bits per heavy atom. The highest BCUT2D eigenvalue weighted by Gasteiger charge is 2.38. The molecule has 0 radical (unpaired) electrons. The molecule has 0 saturated carbocycles. The largest absolute Gasteiger partial charge is 0.508 e. The van der Waals surface area contributed by atoms with Crippen molar-refractivity contribution >= 4 is 33.6 Å². The third-order valence-corrected chi connectivity index (χ3v) is 8.59. The monoisotopic (exact) mass is 569 g/mol. The fourth-order valence-electron chi connectivity index (χ4n) is 5.14. The molecule has 0 aliphatic heterocycles. The lowest BCUT2D eigenvalue weighted by Crippen LogP contribution is -2.49. The number of H-pyrrole nitrogens is 1. The second kappa shape index (κ2) is 11.5. The molecule has 3 aromatic carbocycles. The van der Waals surface area contributed by atoms with Gasteiger partial charge in [0.1, 0.15) is 11.6 Å². The number of hydrogen-bond donors (Lipinski definition) is 5. The Hall–Kier alpha value is -3.18. The van der Waals surface area contributed by atoms with Crippen LogP contribution in [0.2, 0.25) is 0 Å². The van der Waals surface area contributed by atoms with Gasteiger partial charge in [-0.15, -0.1) is 0 Å². The summed E-state index contributed by atoms with van der Waals surface area (Å²) in [4.78, 5) is 16.6. The number of nitrogens with two attached hydrogens (primary N) is 1. The highest BCUT2D eigenvalue weighted by molar-refractivity contribution is 7.90. The van der Waals surface area contributed by atoms with Crippen molar-refractivity contribution in [2.75, 3.05) is 12.8 Å². The number of thiol groups is 1. The molecule has 4 aromatic rings. The molecule has 2 atom stereocenters. The molecule has 7 nitrogen and oxygen atoms in total. The molecule has 0 bridgehead atoms. The van der Waals surface area contributed by atoms with Crippen molar-refractivity contribution in [2.45, 2.75) is 42.5 Å². The van der Waals surface area contributed by atoms with Crippen molar-refractivity contribution in [1.82, 2.24) is 9.71 Å². The van der Waals surface area contributed by atoms with E-state index in [0.717, 1.165) is 22.9 Å². The van der Waals surface area contributed by atoms with Crippen molar-refractivity contribution in [1.29, 1.82) is 0 Å². The highest BCUT2D eigenvalue weighted by atomic mass is 32.2. The van der Waals surface area contributed by atoms with E-state index in [1.807, 2.05) is 6.92 Å². The number of sulfone groups is 1. The minimum Gasteiger partial charge on any atom is -0.508 e. The second-order valence-electron chi connectivity index (χ2n) is 10.1. The first-order valence-electron chi connectivity index (χ1n) is 12.5. The average molecular weight is 570 g/mol. The lowest BCUT2D eigenvalue weighted by molar-refractivity contribution is 0.326. The Bertz CT molecular complexity index is 1660. The van der Waals surface area contributed by atoms with E-state index in [1.165, 1.54) is 24.3 Å². The number of pyridine rings is 1. The van der Waals surface area contributed by atoms with E-state index in [9.17, 15) is 22.7 Å². The normalized spacial score (nSPS) is 14.3. The summed E-state index contributed by atoms with van der Waals surface area (Å²) in [6, 6.07) is 17.5. The van der Waals surface area contributed by atoms with Crippen LogP contribution in [0.25, 0.3) is 10.9 Å². The van der Waals surface area contributed by atoms with Crippen LogP contribution in [0.3, 0.4) is 0 Å². The van der Waals surface area contributed by atoms with Gasteiger partial charge in [-0.3, -0.25) is 9.52 Å². The summed E-state index contributed by atoms with van der Waals surface area (Å²) in [6.45, 7) is 2.29. The smallest absolute Gasteiger partial charge is 0.252 e. The quantitative estimate of drug-likeness (QED) is 0.181. The number of phenolic OH excluding ortho intramolecular Hbond substituents is 1. The summed E-state index contributed by atoms with van der Waals surface area (Å²) < 4.78 is 41.0. The molecule has 0 spiro atoms. The molecule has 10 heteroatoms. The molecule has 1 aromatic heterocycles. The van der Waals surface area contributed by atoms with Gasteiger partial charge in [-0.25, -0.2) is 12.8 Å². The Morgan fingerprint density at radius 2 is 1.79 bits per heavy atom. The second-order valence-corrected chi connectivity index (χ2v) is 12.4.